The number of hydrogen-bond acceptors (Lipinski definition) is 5. The van der Waals surface area contributed by atoms with Gasteiger partial charge in [-0.15, -0.1) is 0 Å². The quantitative estimate of drug-likeness (QED) is 0.439. The Morgan fingerprint density at radius 1 is 0.679 bits per heavy atom. The van der Waals surface area contributed by atoms with Crippen LogP contribution in [-0.2, 0) is 6.61 Å². The van der Waals surface area contributed by atoms with Crippen molar-refractivity contribution in [1.82, 2.24) is 5.32 Å². The Labute approximate surface area is 165 Å². The van der Waals surface area contributed by atoms with Crippen LogP contribution in [0.4, 0.5) is 5.69 Å². The van der Waals surface area contributed by atoms with E-state index in [-0.39, 0.29) is 6.61 Å². The standard InChI is InChI=1S/C23H26N2O3/c26-17-16-24-14-15-25-20-10-4-5-11-21(20)28-23-13-7-6-12-22(23)27-18-19-8-2-1-3-9-19/h1-13,24-26H,14-18H2. The highest BCUT2D eigenvalue weighted by molar-refractivity contribution is 5.58. The van der Waals surface area contributed by atoms with Crippen LogP contribution in [-0.4, -0.2) is 31.3 Å². The number of hydrogen-bond donors (Lipinski definition) is 3. The molecule has 0 aliphatic rings. The van der Waals surface area contributed by atoms with Gasteiger partial charge in [0, 0.05) is 19.6 Å². The number of aliphatic hydroxyl groups is 1. The lowest BCUT2D eigenvalue weighted by Gasteiger charge is -2.16. The fourth-order valence-corrected chi connectivity index (χ4v) is 2.70. The fourth-order valence-electron chi connectivity index (χ4n) is 2.70. The van der Waals surface area contributed by atoms with E-state index < -0.39 is 0 Å². The lowest BCUT2D eigenvalue weighted by atomic mass is 10.2. The molecule has 3 rings (SSSR count). The molecule has 0 radical (unpaired) electrons. The zero-order valence-corrected chi connectivity index (χ0v) is 15.8. The van der Waals surface area contributed by atoms with Crippen LogP contribution < -0.4 is 20.1 Å². The van der Waals surface area contributed by atoms with Crippen LogP contribution in [0.5, 0.6) is 17.2 Å². The largest absolute Gasteiger partial charge is 0.485 e. The second-order valence-corrected chi connectivity index (χ2v) is 6.22. The minimum Gasteiger partial charge on any atom is -0.485 e. The molecule has 3 aromatic rings. The molecule has 146 valence electrons. The first-order valence-electron chi connectivity index (χ1n) is 9.45. The maximum atomic E-state index is 8.82. The van der Waals surface area contributed by atoms with Crippen LogP contribution in [0.15, 0.2) is 78.9 Å². The summed E-state index contributed by atoms with van der Waals surface area (Å²) in [4.78, 5) is 0. The first-order chi connectivity index (χ1) is 13.9. The van der Waals surface area contributed by atoms with Gasteiger partial charge in [0.2, 0.25) is 0 Å². The van der Waals surface area contributed by atoms with Gasteiger partial charge < -0.3 is 25.2 Å². The normalized spacial score (nSPS) is 10.5. The molecule has 0 saturated carbocycles. The van der Waals surface area contributed by atoms with Crippen LogP contribution in [0, 0.1) is 0 Å². The van der Waals surface area contributed by atoms with Gasteiger partial charge in [-0.05, 0) is 29.8 Å². The van der Waals surface area contributed by atoms with Crippen LogP contribution in [0.1, 0.15) is 5.56 Å². The van der Waals surface area contributed by atoms with Crippen LogP contribution in [0.25, 0.3) is 0 Å². The SMILES string of the molecule is OCCNCCNc1ccccc1Oc1ccccc1OCc1ccccc1. The van der Waals surface area contributed by atoms with Gasteiger partial charge in [0.05, 0.1) is 12.3 Å². The van der Waals surface area contributed by atoms with E-state index in [0.29, 0.717) is 24.7 Å². The molecule has 0 amide bonds. The number of benzene rings is 3. The van der Waals surface area contributed by atoms with Crippen molar-refractivity contribution in [1.29, 1.82) is 0 Å². The number of nitrogens with one attached hydrogen (secondary N) is 2. The highest BCUT2D eigenvalue weighted by Gasteiger charge is 2.09. The molecule has 0 atom stereocenters. The van der Waals surface area contributed by atoms with Crippen molar-refractivity contribution in [2.45, 2.75) is 6.61 Å². The molecule has 0 aromatic heterocycles. The summed E-state index contributed by atoms with van der Waals surface area (Å²) in [6.07, 6.45) is 0. The molecule has 3 aromatic carbocycles. The van der Waals surface area contributed by atoms with E-state index in [1.807, 2.05) is 78.9 Å². The fraction of sp³-hybridized carbons (Fsp3) is 0.217. The number of para-hydroxylation sites is 4. The van der Waals surface area contributed by atoms with Gasteiger partial charge in [0.1, 0.15) is 6.61 Å². The van der Waals surface area contributed by atoms with Crippen molar-refractivity contribution < 1.29 is 14.6 Å². The zero-order valence-electron chi connectivity index (χ0n) is 15.8. The van der Waals surface area contributed by atoms with Gasteiger partial charge in [-0.25, -0.2) is 0 Å². The van der Waals surface area contributed by atoms with E-state index in [4.69, 9.17) is 14.6 Å². The lowest BCUT2D eigenvalue weighted by molar-refractivity contribution is 0.291. The average Bonchev–Trinajstić information content (AvgIpc) is 2.75. The molecule has 0 bridgehead atoms. The first kappa shape index (κ1) is 19.7. The molecule has 0 heterocycles. The highest BCUT2D eigenvalue weighted by Crippen LogP contribution is 2.35. The molecule has 0 saturated heterocycles. The van der Waals surface area contributed by atoms with Crippen LogP contribution >= 0.6 is 0 Å². The molecule has 0 unspecified atom stereocenters. The minimum absolute atomic E-state index is 0.138. The average molecular weight is 378 g/mol. The topological polar surface area (TPSA) is 62.8 Å². The summed E-state index contributed by atoms with van der Waals surface area (Å²) in [5.41, 5.74) is 2.01. The molecule has 0 fully saturated rings. The van der Waals surface area contributed by atoms with Gasteiger partial charge in [-0.3, -0.25) is 0 Å². The Kier molecular flexibility index (Phi) is 7.73. The third kappa shape index (κ3) is 6.01. The predicted octanol–water partition coefficient (Wildman–Crippen LogP) is 4.05. The van der Waals surface area contributed by atoms with E-state index in [1.54, 1.807) is 0 Å². The minimum atomic E-state index is 0.138. The number of aliphatic hydroxyl groups excluding tert-OH is 1. The maximum Gasteiger partial charge on any atom is 0.169 e. The summed E-state index contributed by atoms with van der Waals surface area (Å²) in [7, 11) is 0. The summed E-state index contributed by atoms with van der Waals surface area (Å²) in [6, 6.07) is 25.6. The summed E-state index contributed by atoms with van der Waals surface area (Å²) in [6.45, 7) is 2.70. The van der Waals surface area contributed by atoms with Gasteiger partial charge in [-0.2, -0.15) is 0 Å². The van der Waals surface area contributed by atoms with E-state index in [1.165, 1.54) is 0 Å². The van der Waals surface area contributed by atoms with Crippen molar-refractivity contribution in [3.8, 4) is 17.2 Å². The second kappa shape index (κ2) is 11.0. The van der Waals surface area contributed by atoms with Crippen LogP contribution in [0.3, 0.4) is 0 Å². The maximum absolute atomic E-state index is 8.82. The van der Waals surface area contributed by atoms with Crippen molar-refractivity contribution >= 4 is 5.69 Å². The van der Waals surface area contributed by atoms with Crippen LogP contribution in [0.2, 0.25) is 0 Å². The summed E-state index contributed by atoms with van der Waals surface area (Å²) >= 11 is 0. The van der Waals surface area contributed by atoms with Gasteiger partial charge in [-0.1, -0.05) is 54.6 Å². The smallest absolute Gasteiger partial charge is 0.169 e. The van der Waals surface area contributed by atoms with Crippen molar-refractivity contribution in [3.63, 3.8) is 0 Å². The highest BCUT2D eigenvalue weighted by atomic mass is 16.5. The molecule has 3 N–H and O–H groups in total. The molecule has 28 heavy (non-hydrogen) atoms. The van der Waals surface area contributed by atoms with E-state index in [0.717, 1.165) is 30.1 Å². The Hall–Kier alpha value is -3.02. The van der Waals surface area contributed by atoms with Gasteiger partial charge in [0.25, 0.3) is 0 Å². The Morgan fingerprint density at radius 3 is 2.14 bits per heavy atom. The summed E-state index contributed by atoms with van der Waals surface area (Å²) in [5, 5.41) is 15.3. The third-order valence-corrected chi connectivity index (χ3v) is 4.10. The van der Waals surface area contributed by atoms with Gasteiger partial charge in [0.15, 0.2) is 17.2 Å². The summed E-state index contributed by atoms with van der Waals surface area (Å²) < 4.78 is 12.1. The molecule has 0 aliphatic carbocycles. The van der Waals surface area contributed by atoms with E-state index in [2.05, 4.69) is 10.6 Å². The molecular weight excluding hydrogens is 352 g/mol. The number of anilines is 1. The molecule has 0 aliphatic heterocycles. The molecular formula is C23H26N2O3. The summed E-state index contributed by atoms with van der Waals surface area (Å²) in [5.74, 6) is 2.11. The van der Waals surface area contributed by atoms with Crippen molar-refractivity contribution in [2.75, 3.05) is 31.6 Å². The second-order valence-electron chi connectivity index (χ2n) is 6.22. The van der Waals surface area contributed by atoms with Gasteiger partial charge >= 0.3 is 0 Å². The Morgan fingerprint density at radius 2 is 1.36 bits per heavy atom. The lowest BCUT2D eigenvalue weighted by Crippen LogP contribution is -2.24. The zero-order chi connectivity index (χ0) is 19.4. The van der Waals surface area contributed by atoms with E-state index in [9.17, 15) is 0 Å². The van der Waals surface area contributed by atoms with Crippen molar-refractivity contribution in [2.24, 2.45) is 0 Å². The molecule has 0 spiro atoms. The third-order valence-electron chi connectivity index (χ3n) is 4.10. The predicted molar refractivity (Wildman–Crippen MR) is 112 cm³/mol. The number of rotatable bonds is 11. The molecule has 5 heteroatoms. The number of ether oxygens (including phenoxy) is 2. The monoisotopic (exact) mass is 378 g/mol. The molecule has 5 nitrogen and oxygen atoms in total. The Balaban J connectivity index is 1.65. The van der Waals surface area contributed by atoms with Crippen molar-refractivity contribution in [3.05, 3.63) is 84.4 Å². The Bertz CT molecular complexity index is 840. The van der Waals surface area contributed by atoms with E-state index >= 15 is 0 Å². The first-order valence-corrected chi connectivity index (χ1v) is 9.45.